The van der Waals surface area contributed by atoms with Crippen molar-refractivity contribution in [3.63, 3.8) is 0 Å². The van der Waals surface area contributed by atoms with Gasteiger partial charge in [-0.15, -0.1) is 0 Å². The number of benzene rings is 1. The molecule has 1 aromatic carbocycles. The lowest BCUT2D eigenvalue weighted by molar-refractivity contribution is -0.385. The lowest BCUT2D eigenvalue weighted by Crippen LogP contribution is -2.47. The summed E-state index contributed by atoms with van der Waals surface area (Å²) in [5.74, 6) is -0.323. The number of halogens is 1. The Hall–Kier alpha value is -1.47. The second kappa shape index (κ2) is 6.32. The molecule has 1 aromatic rings. The molecule has 1 fully saturated rings. The standard InChI is InChI=1S/C13H16BrN3O3/c14-10-5-4-9(7-12(10)17(19)20)8-16-6-2-1-3-11(16)13(15)18/h4-5,7,11H,1-3,6,8H2,(H2,15,18). The van der Waals surface area contributed by atoms with Crippen molar-refractivity contribution >= 4 is 27.5 Å². The number of primary amides is 1. The number of rotatable bonds is 4. The van der Waals surface area contributed by atoms with Crippen LogP contribution in [-0.4, -0.2) is 28.3 Å². The van der Waals surface area contributed by atoms with E-state index in [9.17, 15) is 14.9 Å². The molecule has 0 radical (unpaired) electrons. The quantitative estimate of drug-likeness (QED) is 0.671. The molecule has 108 valence electrons. The monoisotopic (exact) mass is 341 g/mol. The average Bonchev–Trinajstić information content (AvgIpc) is 2.41. The van der Waals surface area contributed by atoms with Crippen LogP contribution in [0.5, 0.6) is 0 Å². The molecule has 6 nitrogen and oxygen atoms in total. The first-order valence-corrected chi connectivity index (χ1v) is 7.24. The van der Waals surface area contributed by atoms with Crippen molar-refractivity contribution in [2.75, 3.05) is 6.54 Å². The van der Waals surface area contributed by atoms with Gasteiger partial charge in [0.2, 0.25) is 5.91 Å². The molecule has 0 saturated carbocycles. The largest absolute Gasteiger partial charge is 0.368 e. The number of carbonyl (C=O) groups excluding carboxylic acids is 1. The predicted octanol–water partition coefficient (Wildman–Crippen LogP) is 2.20. The highest BCUT2D eigenvalue weighted by Gasteiger charge is 2.27. The van der Waals surface area contributed by atoms with Gasteiger partial charge in [0.05, 0.1) is 15.4 Å². The van der Waals surface area contributed by atoms with Gasteiger partial charge >= 0.3 is 0 Å². The summed E-state index contributed by atoms with van der Waals surface area (Å²) in [6.07, 6.45) is 2.76. The van der Waals surface area contributed by atoms with E-state index in [-0.39, 0.29) is 17.6 Å². The van der Waals surface area contributed by atoms with E-state index in [1.54, 1.807) is 6.07 Å². The van der Waals surface area contributed by atoms with Crippen molar-refractivity contribution in [3.8, 4) is 0 Å². The fourth-order valence-electron chi connectivity index (χ4n) is 2.53. The van der Waals surface area contributed by atoms with Crippen LogP contribution < -0.4 is 5.73 Å². The van der Waals surface area contributed by atoms with Gasteiger partial charge < -0.3 is 5.73 Å². The molecule has 1 aliphatic rings. The Morgan fingerprint density at radius 2 is 2.25 bits per heavy atom. The number of nitrogens with zero attached hydrogens (tertiary/aromatic N) is 2. The van der Waals surface area contributed by atoms with Gasteiger partial charge in [0, 0.05) is 12.6 Å². The number of piperidine rings is 1. The van der Waals surface area contributed by atoms with Gasteiger partial charge in [-0.1, -0.05) is 12.5 Å². The molecular weight excluding hydrogens is 326 g/mol. The summed E-state index contributed by atoms with van der Waals surface area (Å²) in [5, 5.41) is 10.9. The summed E-state index contributed by atoms with van der Waals surface area (Å²) < 4.78 is 0.455. The zero-order chi connectivity index (χ0) is 14.7. The van der Waals surface area contributed by atoms with Crippen LogP contribution in [0.1, 0.15) is 24.8 Å². The van der Waals surface area contributed by atoms with Crippen molar-refractivity contribution in [2.45, 2.75) is 31.8 Å². The van der Waals surface area contributed by atoms with Gasteiger partial charge in [-0.05, 0) is 46.9 Å². The highest BCUT2D eigenvalue weighted by molar-refractivity contribution is 9.10. The third kappa shape index (κ3) is 3.34. The maximum Gasteiger partial charge on any atom is 0.283 e. The van der Waals surface area contributed by atoms with Gasteiger partial charge in [-0.3, -0.25) is 19.8 Å². The Kier molecular flexibility index (Phi) is 4.72. The average molecular weight is 342 g/mol. The number of likely N-dealkylation sites (tertiary alicyclic amines) is 1. The van der Waals surface area contributed by atoms with Gasteiger partial charge in [0.25, 0.3) is 5.69 Å². The van der Waals surface area contributed by atoms with Crippen molar-refractivity contribution in [1.82, 2.24) is 4.90 Å². The summed E-state index contributed by atoms with van der Waals surface area (Å²) in [5.41, 5.74) is 6.27. The van der Waals surface area contributed by atoms with E-state index in [1.165, 1.54) is 6.07 Å². The van der Waals surface area contributed by atoms with Crippen LogP contribution in [0.4, 0.5) is 5.69 Å². The summed E-state index contributed by atoms with van der Waals surface area (Å²) >= 11 is 3.16. The van der Waals surface area contributed by atoms with E-state index in [4.69, 9.17) is 5.73 Å². The van der Waals surface area contributed by atoms with Crippen molar-refractivity contribution in [1.29, 1.82) is 0 Å². The molecule has 1 amide bonds. The minimum Gasteiger partial charge on any atom is -0.368 e. The van der Waals surface area contributed by atoms with Crippen LogP contribution in [0, 0.1) is 10.1 Å². The summed E-state index contributed by atoms with van der Waals surface area (Å²) in [6.45, 7) is 1.29. The van der Waals surface area contributed by atoms with E-state index in [0.29, 0.717) is 11.0 Å². The molecule has 1 atom stereocenters. The highest BCUT2D eigenvalue weighted by Crippen LogP contribution is 2.27. The second-order valence-corrected chi connectivity index (χ2v) is 5.78. The van der Waals surface area contributed by atoms with Crippen LogP contribution in [0.3, 0.4) is 0 Å². The fourth-order valence-corrected chi connectivity index (χ4v) is 2.92. The van der Waals surface area contributed by atoms with Crippen LogP contribution in [0.25, 0.3) is 0 Å². The van der Waals surface area contributed by atoms with Crippen LogP contribution >= 0.6 is 15.9 Å². The number of nitrogens with two attached hydrogens (primary N) is 1. The van der Waals surface area contributed by atoms with E-state index in [2.05, 4.69) is 15.9 Å². The van der Waals surface area contributed by atoms with Gasteiger partial charge in [0.1, 0.15) is 0 Å². The molecule has 7 heteroatoms. The Morgan fingerprint density at radius 3 is 2.90 bits per heavy atom. The second-order valence-electron chi connectivity index (χ2n) is 4.93. The summed E-state index contributed by atoms with van der Waals surface area (Å²) in [7, 11) is 0. The Morgan fingerprint density at radius 1 is 1.50 bits per heavy atom. The number of hydrogen-bond acceptors (Lipinski definition) is 4. The minimum atomic E-state index is -0.421. The van der Waals surface area contributed by atoms with Crippen molar-refractivity contribution in [2.24, 2.45) is 5.73 Å². The first-order valence-electron chi connectivity index (χ1n) is 6.45. The fraction of sp³-hybridized carbons (Fsp3) is 0.462. The van der Waals surface area contributed by atoms with E-state index >= 15 is 0 Å². The minimum absolute atomic E-state index is 0.0372. The molecule has 0 aromatic heterocycles. The Balaban J connectivity index is 2.18. The third-order valence-corrected chi connectivity index (χ3v) is 4.21. The van der Waals surface area contributed by atoms with E-state index < -0.39 is 4.92 Å². The molecule has 1 unspecified atom stereocenters. The Labute approximate surface area is 125 Å². The molecule has 0 aliphatic carbocycles. The summed E-state index contributed by atoms with van der Waals surface area (Å²) in [4.78, 5) is 24.0. The number of amides is 1. The zero-order valence-corrected chi connectivity index (χ0v) is 12.5. The van der Waals surface area contributed by atoms with Crippen molar-refractivity contribution in [3.05, 3.63) is 38.3 Å². The lowest BCUT2D eigenvalue weighted by atomic mass is 10.0. The number of carbonyl (C=O) groups is 1. The molecule has 1 saturated heterocycles. The molecule has 2 rings (SSSR count). The smallest absolute Gasteiger partial charge is 0.283 e. The molecule has 1 aliphatic heterocycles. The zero-order valence-electron chi connectivity index (χ0n) is 10.9. The highest BCUT2D eigenvalue weighted by atomic mass is 79.9. The van der Waals surface area contributed by atoms with Crippen LogP contribution in [0.2, 0.25) is 0 Å². The Bertz CT molecular complexity index is 536. The van der Waals surface area contributed by atoms with Gasteiger partial charge in [-0.25, -0.2) is 0 Å². The summed E-state index contributed by atoms with van der Waals surface area (Å²) in [6, 6.07) is 4.75. The number of nitro benzene ring substituents is 1. The molecule has 0 spiro atoms. The normalized spacial score (nSPS) is 19.8. The SMILES string of the molecule is NC(=O)C1CCCCN1Cc1ccc(Br)c([N+](=O)[O-])c1. The maximum absolute atomic E-state index is 11.4. The van der Waals surface area contributed by atoms with Crippen LogP contribution in [0.15, 0.2) is 22.7 Å². The predicted molar refractivity (Wildman–Crippen MR) is 78.0 cm³/mol. The maximum atomic E-state index is 11.4. The molecule has 1 heterocycles. The van der Waals surface area contributed by atoms with Crippen molar-refractivity contribution < 1.29 is 9.72 Å². The first-order chi connectivity index (χ1) is 9.49. The molecule has 0 bridgehead atoms. The first kappa shape index (κ1) is 14.9. The van der Waals surface area contributed by atoms with Crippen LogP contribution in [-0.2, 0) is 11.3 Å². The third-order valence-electron chi connectivity index (χ3n) is 3.53. The number of hydrogen-bond donors (Lipinski definition) is 1. The van der Waals surface area contributed by atoms with Gasteiger partial charge in [0.15, 0.2) is 0 Å². The van der Waals surface area contributed by atoms with E-state index in [0.717, 1.165) is 31.4 Å². The van der Waals surface area contributed by atoms with E-state index in [1.807, 2.05) is 11.0 Å². The lowest BCUT2D eigenvalue weighted by Gasteiger charge is -2.33. The molecule has 20 heavy (non-hydrogen) atoms. The number of nitro groups is 1. The molecular formula is C13H16BrN3O3. The molecule has 2 N–H and O–H groups in total. The topological polar surface area (TPSA) is 89.5 Å². The van der Waals surface area contributed by atoms with Gasteiger partial charge in [-0.2, -0.15) is 0 Å².